The van der Waals surface area contributed by atoms with E-state index >= 15 is 0 Å². The summed E-state index contributed by atoms with van der Waals surface area (Å²) in [6.07, 6.45) is 2.46. The monoisotopic (exact) mass is 474 g/mol. The number of aryl methyl sites for hydroxylation is 1. The average molecular weight is 475 g/mol. The normalized spacial score (nSPS) is 16.4. The van der Waals surface area contributed by atoms with Crippen molar-refractivity contribution in [2.24, 2.45) is 5.92 Å². The Morgan fingerprint density at radius 2 is 1.88 bits per heavy atom. The number of hydrogen-bond donors (Lipinski definition) is 1. The third-order valence-electron chi connectivity index (χ3n) is 6.82. The minimum absolute atomic E-state index is 0.0235. The lowest BCUT2D eigenvalue weighted by atomic mass is 9.96. The fourth-order valence-corrected chi connectivity index (χ4v) is 5.50. The number of carbonyl (C=O) groups is 2. The maximum atomic E-state index is 13.1. The first-order chi connectivity index (χ1) is 16.6. The van der Waals surface area contributed by atoms with Crippen LogP contribution < -0.4 is 10.2 Å². The van der Waals surface area contributed by atoms with Gasteiger partial charge in [0.1, 0.15) is 0 Å². The van der Waals surface area contributed by atoms with Gasteiger partial charge in [-0.1, -0.05) is 36.4 Å². The Balaban J connectivity index is 1.12. The zero-order chi connectivity index (χ0) is 23.5. The lowest BCUT2D eigenvalue weighted by molar-refractivity contribution is -0.126. The van der Waals surface area contributed by atoms with Crippen molar-refractivity contribution >= 4 is 28.8 Å². The van der Waals surface area contributed by atoms with Crippen LogP contribution >= 0.6 is 11.3 Å². The molecule has 0 aliphatic carbocycles. The lowest BCUT2D eigenvalue weighted by Crippen LogP contribution is -2.45. The van der Waals surface area contributed by atoms with Crippen LogP contribution in [0.25, 0.3) is 11.3 Å². The van der Waals surface area contributed by atoms with E-state index < -0.39 is 0 Å². The Hall–Kier alpha value is -3.03. The van der Waals surface area contributed by atoms with Gasteiger partial charge >= 0.3 is 0 Å². The number of aromatic nitrogens is 1. The number of thiazole rings is 1. The molecule has 2 aliphatic heterocycles. The topological polar surface area (TPSA) is 65.5 Å². The summed E-state index contributed by atoms with van der Waals surface area (Å²) in [7, 11) is 0. The Morgan fingerprint density at radius 3 is 2.62 bits per heavy atom. The van der Waals surface area contributed by atoms with E-state index in [2.05, 4.69) is 38.8 Å². The highest BCUT2D eigenvalue weighted by Crippen LogP contribution is 2.33. The molecule has 2 amide bonds. The molecule has 3 aromatic rings. The van der Waals surface area contributed by atoms with Gasteiger partial charge in [-0.3, -0.25) is 14.5 Å². The van der Waals surface area contributed by atoms with Crippen LogP contribution in [0.4, 0.5) is 5.69 Å². The first-order valence-corrected chi connectivity index (χ1v) is 12.8. The molecule has 0 radical (unpaired) electrons. The molecular weight excluding hydrogens is 444 g/mol. The molecule has 1 saturated heterocycles. The van der Waals surface area contributed by atoms with E-state index in [1.165, 1.54) is 5.56 Å². The van der Waals surface area contributed by atoms with Gasteiger partial charge in [0.05, 0.1) is 17.2 Å². The van der Waals surface area contributed by atoms with E-state index in [-0.39, 0.29) is 17.7 Å². The quantitative estimate of drug-likeness (QED) is 0.586. The van der Waals surface area contributed by atoms with Crippen molar-refractivity contribution in [2.75, 3.05) is 31.1 Å². The van der Waals surface area contributed by atoms with Gasteiger partial charge in [0.25, 0.3) is 0 Å². The van der Waals surface area contributed by atoms with Crippen LogP contribution in [0.1, 0.15) is 29.0 Å². The minimum Gasteiger partial charge on any atom is -0.352 e. The van der Waals surface area contributed by atoms with E-state index in [9.17, 15) is 9.59 Å². The molecule has 3 heterocycles. The molecule has 0 spiro atoms. The smallest absolute Gasteiger partial charge is 0.241 e. The summed E-state index contributed by atoms with van der Waals surface area (Å²) in [5, 5.41) is 6.20. The van der Waals surface area contributed by atoms with Crippen molar-refractivity contribution in [2.45, 2.75) is 32.7 Å². The average Bonchev–Trinajstić information content (AvgIpc) is 3.49. The summed E-state index contributed by atoms with van der Waals surface area (Å²) in [6.45, 7) is 5.27. The number of carbonyl (C=O) groups excluding carboxylic acids is 2. The standard InChI is InChI=1S/C27H30N4O2S/c1-19-29-24(18-34-19)22-7-8-25-23(15-22)11-14-31(25)26(32)17-30-12-9-21(10-13-30)27(33)28-16-20-5-3-2-4-6-20/h2-8,15,18,21H,9-14,16-17H2,1H3,(H,28,33). The highest BCUT2D eigenvalue weighted by molar-refractivity contribution is 7.09. The molecule has 7 heteroatoms. The van der Waals surface area contributed by atoms with Crippen molar-refractivity contribution in [1.82, 2.24) is 15.2 Å². The number of benzene rings is 2. The van der Waals surface area contributed by atoms with Crippen LogP contribution in [0.15, 0.2) is 53.9 Å². The van der Waals surface area contributed by atoms with E-state index in [1.54, 1.807) is 11.3 Å². The fourth-order valence-electron chi connectivity index (χ4n) is 4.88. The number of hydrogen-bond acceptors (Lipinski definition) is 5. The fraction of sp³-hybridized carbons (Fsp3) is 0.370. The summed E-state index contributed by atoms with van der Waals surface area (Å²) >= 11 is 1.65. The molecule has 2 aliphatic rings. The third kappa shape index (κ3) is 5.05. The van der Waals surface area contributed by atoms with Crippen LogP contribution in [0.5, 0.6) is 0 Å². The maximum absolute atomic E-state index is 13.1. The van der Waals surface area contributed by atoms with Crippen molar-refractivity contribution in [3.63, 3.8) is 0 Å². The van der Waals surface area contributed by atoms with Gasteiger partial charge in [0.2, 0.25) is 11.8 Å². The van der Waals surface area contributed by atoms with Gasteiger partial charge < -0.3 is 10.2 Å². The van der Waals surface area contributed by atoms with Crippen molar-refractivity contribution in [3.8, 4) is 11.3 Å². The second-order valence-electron chi connectivity index (χ2n) is 9.14. The number of likely N-dealkylation sites (tertiary alicyclic amines) is 1. The second kappa shape index (κ2) is 10.1. The number of amides is 2. The SMILES string of the molecule is Cc1nc(-c2ccc3c(c2)CCN3C(=O)CN2CCC(C(=O)NCc3ccccc3)CC2)cs1. The molecule has 0 bridgehead atoms. The van der Waals surface area contributed by atoms with Gasteiger partial charge in [0.15, 0.2) is 0 Å². The zero-order valence-electron chi connectivity index (χ0n) is 19.5. The highest BCUT2D eigenvalue weighted by atomic mass is 32.1. The summed E-state index contributed by atoms with van der Waals surface area (Å²) in [5.74, 6) is 0.285. The molecule has 6 nitrogen and oxygen atoms in total. The Morgan fingerprint density at radius 1 is 1.09 bits per heavy atom. The number of fused-ring (bicyclic) bond motifs is 1. The number of piperidine rings is 1. The summed E-state index contributed by atoms with van der Waals surface area (Å²) in [6, 6.07) is 16.3. The summed E-state index contributed by atoms with van der Waals surface area (Å²) in [4.78, 5) is 34.4. The molecule has 1 N–H and O–H groups in total. The van der Waals surface area contributed by atoms with Crippen LogP contribution in [-0.4, -0.2) is 47.9 Å². The number of nitrogens with one attached hydrogen (secondary N) is 1. The predicted molar refractivity (Wildman–Crippen MR) is 136 cm³/mol. The molecule has 176 valence electrons. The first-order valence-electron chi connectivity index (χ1n) is 12.0. The molecule has 0 unspecified atom stereocenters. The van der Waals surface area contributed by atoms with Crippen molar-refractivity contribution in [3.05, 3.63) is 70.0 Å². The van der Waals surface area contributed by atoms with Crippen LogP contribution in [0, 0.1) is 12.8 Å². The van der Waals surface area contributed by atoms with Crippen LogP contribution in [-0.2, 0) is 22.6 Å². The van der Waals surface area contributed by atoms with Crippen LogP contribution in [0.3, 0.4) is 0 Å². The second-order valence-corrected chi connectivity index (χ2v) is 10.2. The highest BCUT2D eigenvalue weighted by Gasteiger charge is 2.29. The Bertz CT molecular complexity index is 1170. The molecule has 1 fully saturated rings. The van der Waals surface area contributed by atoms with Crippen LogP contribution in [0.2, 0.25) is 0 Å². The van der Waals surface area contributed by atoms with E-state index in [0.717, 1.165) is 66.4 Å². The minimum atomic E-state index is 0.0235. The largest absolute Gasteiger partial charge is 0.352 e. The number of anilines is 1. The zero-order valence-corrected chi connectivity index (χ0v) is 20.3. The van der Waals surface area contributed by atoms with Crippen molar-refractivity contribution < 1.29 is 9.59 Å². The van der Waals surface area contributed by atoms with E-state index in [1.807, 2.05) is 42.2 Å². The maximum Gasteiger partial charge on any atom is 0.241 e. The molecule has 34 heavy (non-hydrogen) atoms. The Labute approximate surface area is 204 Å². The lowest BCUT2D eigenvalue weighted by Gasteiger charge is -2.32. The molecule has 1 aromatic heterocycles. The Kier molecular flexibility index (Phi) is 6.74. The number of nitrogens with zero attached hydrogens (tertiary/aromatic N) is 3. The van der Waals surface area contributed by atoms with Gasteiger partial charge in [-0.25, -0.2) is 4.98 Å². The van der Waals surface area contributed by atoms with Gasteiger partial charge in [-0.05, 0) is 62.5 Å². The molecule has 0 saturated carbocycles. The van der Waals surface area contributed by atoms with Crippen molar-refractivity contribution in [1.29, 1.82) is 0 Å². The summed E-state index contributed by atoms with van der Waals surface area (Å²) < 4.78 is 0. The van der Waals surface area contributed by atoms with E-state index in [4.69, 9.17) is 0 Å². The van der Waals surface area contributed by atoms with Gasteiger partial charge in [0, 0.05) is 35.6 Å². The predicted octanol–water partition coefficient (Wildman–Crippen LogP) is 4.04. The van der Waals surface area contributed by atoms with E-state index in [0.29, 0.717) is 13.1 Å². The number of rotatable bonds is 6. The molecule has 5 rings (SSSR count). The van der Waals surface area contributed by atoms with Gasteiger partial charge in [-0.15, -0.1) is 11.3 Å². The molecule has 2 aromatic carbocycles. The molecule has 0 atom stereocenters. The summed E-state index contributed by atoms with van der Waals surface area (Å²) in [5.41, 5.74) is 5.47. The molecular formula is C27H30N4O2S. The van der Waals surface area contributed by atoms with Gasteiger partial charge in [-0.2, -0.15) is 0 Å². The first kappa shape index (κ1) is 22.7. The third-order valence-corrected chi connectivity index (χ3v) is 7.59.